The molecule has 0 spiro atoms. The summed E-state index contributed by atoms with van der Waals surface area (Å²) in [5, 5.41) is 3.09. The fourth-order valence-electron chi connectivity index (χ4n) is 1.63. The second kappa shape index (κ2) is 5.80. The minimum absolute atomic E-state index is 0.504. The molecule has 4 heteroatoms. The first-order chi connectivity index (χ1) is 8.33. The molecule has 0 fully saturated rings. The Morgan fingerprint density at radius 3 is 2.88 bits per heavy atom. The summed E-state index contributed by atoms with van der Waals surface area (Å²) < 4.78 is 5.59. The van der Waals surface area contributed by atoms with Crippen molar-refractivity contribution in [2.75, 3.05) is 6.61 Å². The standard InChI is InChI=1S/C13H16N2OS/c1-2-16-12-6-4-3-5-10(12)7-13-15-11(8-14)9-17-13/h3-6,9H,2,7-8,14H2,1H3. The van der Waals surface area contributed by atoms with Crippen LogP contribution < -0.4 is 10.5 Å². The molecule has 0 radical (unpaired) electrons. The van der Waals surface area contributed by atoms with E-state index < -0.39 is 0 Å². The zero-order valence-corrected chi connectivity index (χ0v) is 10.7. The molecule has 0 aliphatic rings. The van der Waals surface area contributed by atoms with E-state index in [0.717, 1.165) is 22.9 Å². The van der Waals surface area contributed by atoms with E-state index in [4.69, 9.17) is 10.5 Å². The Balaban J connectivity index is 2.17. The third-order valence-corrected chi connectivity index (χ3v) is 3.32. The average molecular weight is 248 g/mol. The number of thiazole rings is 1. The predicted octanol–water partition coefficient (Wildman–Crippen LogP) is 2.59. The van der Waals surface area contributed by atoms with Gasteiger partial charge >= 0.3 is 0 Å². The van der Waals surface area contributed by atoms with Crippen LogP contribution in [0.3, 0.4) is 0 Å². The van der Waals surface area contributed by atoms with Gasteiger partial charge in [-0.25, -0.2) is 4.98 Å². The van der Waals surface area contributed by atoms with Crippen LogP contribution >= 0.6 is 11.3 Å². The van der Waals surface area contributed by atoms with E-state index in [1.165, 1.54) is 5.56 Å². The molecule has 0 bridgehead atoms. The van der Waals surface area contributed by atoms with Crippen LogP contribution in [0.2, 0.25) is 0 Å². The molecule has 2 aromatic rings. The van der Waals surface area contributed by atoms with E-state index in [9.17, 15) is 0 Å². The molecule has 1 aromatic carbocycles. The molecular weight excluding hydrogens is 232 g/mol. The maximum atomic E-state index is 5.59. The first-order valence-corrected chi connectivity index (χ1v) is 6.55. The molecule has 0 atom stereocenters. The van der Waals surface area contributed by atoms with Crippen molar-refractivity contribution in [3.8, 4) is 5.75 Å². The number of nitrogens with zero attached hydrogens (tertiary/aromatic N) is 1. The highest BCUT2D eigenvalue weighted by Crippen LogP contribution is 2.22. The molecule has 2 rings (SSSR count). The summed E-state index contributed by atoms with van der Waals surface area (Å²) >= 11 is 1.65. The van der Waals surface area contributed by atoms with E-state index in [2.05, 4.69) is 11.1 Å². The SMILES string of the molecule is CCOc1ccccc1Cc1nc(CN)cs1. The van der Waals surface area contributed by atoms with Gasteiger partial charge in [0.05, 0.1) is 17.3 Å². The van der Waals surface area contributed by atoms with Crippen molar-refractivity contribution in [1.82, 2.24) is 4.98 Å². The van der Waals surface area contributed by atoms with Crippen molar-refractivity contribution in [2.24, 2.45) is 5.73 Å². The molecule has 0 aliphatic heterocycles. The zero-order chi connectivity index (χ0) is 12.1. The van der Waals surface area contributed by atoms with E-state index in [0.29, 0.717) is 13.2 Å². The third-order valence-electron chi connectivity index (χ3n) is 2.42. The van der Waals surface area contributed by atoms with Crippen molar-refractivity contribution in [3.05, 3.63) is 45.9 Å². The van der Waals surface area contributed by atoms with Crippen molar-refractivity contribution in [1.29, 1.82) is 0 Å². The quantitative estimate of drug-likeness (QED) is 0.884. The minimum Gasteiger partial charge on any atom is -0.494 e. The molecule has 0 unspecified atom stereocenters. The van der Waals surface area contributed by atoms with Crippen molar-refractivity contribution >= 4 is 11.3 Å². The highest BCUT2D eigenvalue weighted by molar-refractivity contribution is 7.09. The molecule has 1 aromatic heterocycles. The minimum atomic E-state index is 0.504. The van der Waals surface area contributed by atoms with Crippen LogP contribution in [0.25, 0.3) is 0 Å². The molecule has 17 heavy (non-hydrogen) atoms. The maximum absolute atomic E-state index is 5.59. The Labute approximate surface area is 105 Å². The van der Waals surface area contributed by atoms with E-state index >= 15 is 0 Å². The molecule has 3 nitrogen and oxygen atoms in total. The average Bonchev–Trinajstić information content (AvgIpc) is 2.80. The van der Waals surface area contributed by atoms with Crippen LogP contribution in [0.4, 0.5) is 0 Å². The lowest BCUT2D eigenvalue weighted by atomic mass is 10.1. The van der Waals surface area contributed by atoms with Gasteiger partial charge < -0.3 is 10.5 Å². The molecule has 90 valence electrons. The lowest BCUT2D eigenvalue weighted by Crippen LogP contribution is -1.99. The van der Waals surface area contributed by atoms with Gasteiger partial charge in [0.1, 0.15) is 5.75 Å². The lowest BCUT2D eigenvalue weighted by molar-refractivity contribution is 0.337. The fraction of sp³-hybridized carbons (Fsp3) is 0.308. The fourth-order valence-corrected chi connectivity index (χ4v) is 2.46. The van der Waals surface area contributed by atoms with E-state index in [1.54, 1.807) is 11.3 Å². The van der Waals surface area contributed by atoms with Gasteiger partial charge in [0, 0.05) is 23.9 Å². The Bertz CT molecular complexity index is 482. The molecular formula is C13H16N2OS. The number of hydrogen-bond donors (Lipinski definition) is 1. The Morgan fingerprint density at radius 1 is 1.35 bits per heavy atom. The van der Waals surface area contributed by atoms with Gasteiger partial charge in [0.25, 0.3) is 0 Å². The van der Waals surface area contributed by atoms with Gasteiger partial charge in [-0.1, -0.05) is 18.2 Å². The Hall–Kier alpha value is -1.39. The molecule has 0 saturated carbocycles. The predicted molar refractivity (Wildman–Crippen MR) is 70.4 cm³/mol. The van der Waals surface area contributed by atoms with Crippen LogP contribution in [0.15, 0.2) is 29.6 Å². The summed E-state index contributed by atoms with van der Waals surface area (Å²) in [7, 11) is 0. The number of aromatic nitrogens is 1. The van der Waals surface area contributed by atoms with Crippen LogP contribution in [-0.4, -0.2) is 11.6 Å². The first-order valence-electron chi connectivity index (χ1n) is 5.67. The van der Waals surface area contributed by atoms with E-state index in [-0.39, 0.29) is 0 Å². The summed E-state index contributed by atoms with van der Waals surface area (Å²) in [5.41, 5.74) is 7.68. The van der Waals surface area contributed by atoms with Crippen molar-refractivity contribution in [3.63, 3.8) is 0 Å². The molecule has 0 aliphatic carbocycles. The van der Waals surface area contributed by atoms with Gasteiger partial charge in [-0.15, -0.1) is 11.3 Å². The van der Waals surface area contributed by atoms with Gasteiger partial charge in [-0.3, -0.25) is 0 Å². The summed E-state index contributed by atoms with van der Waals surface area (Å²) in [6.07, 6.45) is 0.806. The van der Waals surface area contributed by atoms with Crippen LogP contribution in [0.5, 0.6) is 5.75 Å². The Kier molecular flexibility index (Phi) is 4.12. The van der Waals surface area contributed by atoms with Gasteiger partial charge in [-0.05, 0) is 13.0 Å². The first kappa shape index (κ1) is 12.1. The molecule has 0 saturated heterocycles. The van der Waals surface area contributed by atoms with Crippen LogP contribution in [0.1, 0.15) is 23.2 Å². The van der Waals surface area contributed by atoms with Gasteiger partial charge in [-0.2, -0.15) is 0 Å². The van der Waals surface area contributed by atoms with Crippen LogP contribution in [0, 0.1) is 0 Å². The smallest absolute Gasteiger partial charge is 0.122 e. The highest BCUT2D eigenvalue weighted by Gasteiger charge is 2.06. The molecule has 1 heterocycles. The third kappa shape index (κ3) is 3.05. The number of rotatable bonds is 5. The number of hydrogen-bond acceptors (Lipinski definition) is 4. The van der Waals surface area contributed by atoms with Crippen molar-refractivity contribution in [2.45, 2.75) is 19.9 Å². The monoisotopic (exact) mass is 248 g/mol. The lowest BCUT2D eigenvalue weighted by Gasteiger charge is -2.08. The van der Waals surface area contributed by atoms with E-state index in [1.807, 2.05) is 30.5 Å². The molecule has 0 amide bonds. The highest BCUT2D eigenvalue weighted by atomic mass is 32.1. The van der Waals surface area contributed by atoms with Gasteiger partial charge in [0.15, 0.2) is 0 Å². The summed E-state index contributed by atoms with van der Waals surface area (Å²) in [4.78, 5) is 4.46. The number of para-hydroxylation sites is 1. The van der Waals surface area contributed by atoms with Crippen molar-refractivity contribution < 1.29 is 4.74 Å². The summed E-state index contributed by atoms with van der Waals surface area (Å²) in [6, 6.07) is 8.09. The largest absolute Gasteiger partial charge is 0.494 e. The number of nitrogens with two attached hydrogens (primary N) is 1. The maximum Gasteiger partial charge on any atom is 0.122 e. The second-order valence-electron chi connectivity index (χ2n) is 3.65. The number of ether oxygens (including phenoxy) is 1. The van der Waals surface area contributed by atoms with Crippen LogP contribution in [-0.2, 0) is 13.0 Å². The zero-order valence-electron chi connectivity index (χ0n) is 9.85. The number of benzene rings is 1. The summed E-state index contributed by atoms with van der Waals surface area (Å²) in [5.74, 6) is 0.944. The Morgan fingerprint density at radius 2 is 2.18 bits per heavy atom. The van der Waals surface area contributed by atoms with Gasteiger partial charge in [0.2, 0.25) is 0 Å². The second-order valence-corrected chi connectivity index (χ2v) is 4.60. The molecule has 2 N–H and O–H groups in total. The topological polar surface area (TPSA) is 48.1 Å². The summed E-state index contributed by atoms with van der Waals surface area (Å²) in [6.45, 7) is 3.18. The normalized spacial score (nSPS) is 10.5.